The molecule has 10 heteroatoms. The molecule has 34 heavy (non-hydrogen) atoms. The Bertz CT molecular complexity index is 1370. The third-order valence-electron chi connectivity index (χ3n) is 6.32. The topological polar surface area (TPSA) is 76.2 Å². The summed E-state index contributed by atoms with van der Waals surface area (Å²) in [7, 11) is 0. The number of aliphatic hydroxyl groups is 1. The van der Waals surface area contributed by atoms with Crippen LogP contribution in [0.25, 0.3) is 16.7 Å². The summed E-state index contributed by atoms with van der Waals surface area (Å²) in [6, 6.07) is 11.2. The first-order chi connectivity index (χ1) is 16.3. The minimum absolute atomic E-state index is 0.136. The lowest BCUT2D eigenvalue weighted by Crippen LogP contribution is -2.47. The number of aromatic nitrogens is 4. The van der Waals surface area contributed by atoms with Crippen molar-refractivity contribution >= 4 is 34.2 Å². The zero-order chi connectivity index (χ0) is 23.9. The van der Waals surface area contributed by atoms with Crippen LogP contribution in [0.5, 0.6) is 0 Å². The average Bonchev–Trinajstić information content (AvgIpc) is 3.25. The Hall–Kier alpha value is -2.78. The van der Waals surface area contributed by atoms with E-state index >= 15 is 0 Å². The summed E-state index contributed by atoms with van der Waals surface area (Å²) < 4.78 is 16.2. The van der Waals surface area contributed by atoms with Crippen molar-refractivity contribution in [1.82, 2.24) is 24.2 Å². The smallest absolute Gasteiger partial charge is 0.264 e. The Morgan fingerprint density at radius 2 is 1.74 bits per heavy atom. The molecule has 0 saturated carbocycles. The highest BCUT2D eigenvalue weighted by Crippen LogP contribution is 2.29. The van der Waals surface area contributed by atoms with Gasteiger partial charge in [-0.15, -0.1) is 0 Å². The molecule has 1 aliphatic rings. The quantitative estimate of drug-likeness (QED) is 0.446. The second kappa shape index (κ2) is 9.11. The number of fused-ring (bicyclic) bond motifs is 1. The van der Waals surface area contributed by atoms with Crippen LogP contribution in [-0.2, 0) is 13.1 Å². The minimum Gasteiger partial charge on any atom is -0.388 e. The summed E-state index contributed by atoms with van der Waals surface area (Å²) >= 11 is 12.6. The first-order valence-electron chi connectivity index (χ1n) is 10.9. The molecule has 0 amide bonds. The van der Waals surface area contributed by atoms with E-state index in [4.69, 9.17) is 23.2 Å². The van der Waals surface area contributed by atoms with Gasteiger partial charge in [-0.2, -0.15) is 5.10 Å². The van der Waals surface area contributed by atoms with Crippen molar-refractivity contribution in [2.24, 2.45) is 0 Å². The molecule has 0 aliphatic carbocycles. The molecule has 4 aromatic rings. The second-order valence-corrected chi connectivity index (χ2v) is 9.46. The van der Waals surface area contributed by atoms with Crippen molar-refractivity contribution in [3.63, 3.8) is 0 Å². The average molecular weight is 502 g/mol. The SMILES string of the molecule is O=c1c2cnn(-c3ccc(F)cc3)c2ncn1CC1(O)CCN(Cc2c(Cl)cccc2Cl)CC1. The van der Waals surface area contributed by atoms with Crippen LogP contribution in [0.2, 0.25) is 10.0 Å². The highest BCUT2D eigenvalue weighted by atomic mass is 35.5. The van der Waals surface area contributed by atoms with Crippen LogP contribution in [0, 0.1) is 5.82 Å². The maximum atomic E-state index is 13.2. The number of halogens is 3. The van der Waals surface area contributed by atoms with Crippen molar-refractivity contribution in [3.05, 3.63) is 86.8 Å². The largest absolute Gasteiger partial charge is 0.388 e. The maximum absolute atomic E-state index is 13.2. The van der Waals surface area contributed by atoms with E-state index in [1.807, 2.05) is 18.2 Å². The minimum atomic E-state index is -1.03. The first kappa shape index (κ1) is 23.0. The van der Waals surface area contributed by atoms with Gasteiger partial charge in [0.05, 0.1) is 24.0 Å². The third-order valence-corrected chi connectivity index (χ3v) is 7.03. The fraction of sp³-hybridized carbons (Fsp3) is 0.292. The number of hydrogen-bond donors (Lipinski definition) is 1. The van der Waals surface area contributed by atoms with Crippen LogP contribution in [0.4, 0.5) is 4.39 Å². The van der Waals surface area contributed by atoms with Crippen LogP contribution >= 0.6 is 23.2 Å². The van der Waals surface area contributed by atoms with Crippen LogP contribution in [0.15, 0.2) is 59.8 Å². The Morgan fingerprint density at radius 3 is 2.41 bits per heavy atom. The Labute approximate surface area is 205 Å². The molecule has 2 aromatic carbocycles. The van der Waals surface area contributed by atoms with E-state index in [0.717, 1.165) is 5.56 Å². The zero-order valence-electron chi connectivity index (χ0n) is 18.2. The molecule has 1 N–H and O–H groups in total. The van der Waals surface area contributed by atoms with Gasteiger partial charge in [-0.1, -0.05) is 29.3 Å². The molecule has 5 rings (SSSR count). The molecule has 0 radical (unpaired) electrons. The molecule has 0 bridgehead atoms. The van der Waals surface area contributed by atoms with Crippen LogP contribution in [0.3, 0.4) is 0 Å². The predicted octanol–water partition coefficient (Wildman–Crippen LogP) is 4.06. The standard InChI is InChI=1S/C24H22Cl2FN5O2/c25-20-2-1-3-21(26)19(20)13-30-10-8-24(34,9-11-30)14-31-15-28-22-18(23(31)33)12-29-32(22)17-6-4-16(27)5-7-17/h1-7,12,15,34H,8-11,13-14H2. The van der Waals surface area contributed by atoms with Gasteiger partial charge in [0.1, 0.15) is 17.5 Å². The van der Waals surface area contributed by atoms with Gasteiger partial charge in [-0.05, 0) is 49.2 Å². The molecule has 2 aromatic heterocycles. The molecule has 1 aliphatic heterocycles. The maximum Gasteiger partial charge on any atom is 0.264 e. The number of likely N-dealkylation sites (tertiary alicyclic amines) is 1. The fourth-order valence-electron chi connectivity index (χ4n) is 4.34. The van der Waals surface area contributed by atoms with Crippen molar-refractivity contribution in [2.75, 3.05) is 13.1 Å². The van der Waals surface area contributed by atoms with Crippen molar-refractivity contribution in [3.8, 4) is 5.69 Å². The molecule has 3 heterocycles. The summed E-state index contributed by atoms with van der Waals surface area (Å²) in [5.41, 5.74) is 0.543. The predicted molar refractivity (Wildman–Crippen MR) is 129 cm³/mol. The third kappa shape index (κ3) is 4.46. The van der Waals surface area contributed by atoms with E-state index in [1.54, 1.807) is 12.1 Å². The van der Waals surface area contributed by atoms with E-state index in [1.165, 1.54) is 33.9 Å². The molecular weight excluding hydrogens is 480 g/mol. The Kier molecular flexibility index (Phi) is 6.16. The van der Waals surface area contributed by atoms with E-state index in [2.05, 4.69) is 15.0 Å². The first-order valence-corrected chi connectivity index (χ1v) is 11.7. The van der Waals surface area contributed by atoms with E-state index in [0.29, 0.717) is 59.2 Å². The second-order valence-electron chi connectivity index (χ2n) is 8.65. The molecule has 1 saturated heterocycles. The van der Waals surface area contributed by atoms with E-state index in [-0.39, 0.29) is 17.9 Å². The lowest BCUT2D eigenvalue weighted by Gasteiger charge is -2.38. The molecule has 7 nitrogen and oxygen atoms in total. The van der Waals surface area contributed by atoms with E-state index in [9.17, 15) is 14.3 Å². The lowest BCUT2D eigenvalue weighted by atomic mass is 9.91. The summed E-state index contributed by atoms with van der Waals surface area (Å²) in [4.78, 5) is 19.7. The van der Waals surface area contributed by atoms with Crippen molar-refractivity contribution in [2.45, 2.75) is 31.5 Å². The van der Waals surface area contributed by atoms with Crippen LogP contribution in [-0.4, -0.2) is 48.0 Å². The van der Waals surface area contributed by atoms with Crippen molar-refractivity contribution < 1.29 is 9.50 Å². The van der Waals surface area contributed by atoms with Gasteiger partial charge >= 0.3 is 0 Å². The van der Waals surface area contributed by atoms with Gasteiger partial charge in [0.2, 0.25) is 0 Å². The zero-order valence-corrected chi connectivity index (χ0v) is 19.7. The number of nitrogens with zero attached hydrogens (tertiary/aromatic N) is 5. The highest BCUT2D eigenvalue weighted by Gasteiger charge is 2.33. The Morgan fingerprint density at radius 1 is 1.06 bits per heavy atom. The van der Waals surface area contributed by atoms with Gasteiger partial charge in [0, 0.05) is 35.2 Å². The molecule has 176 valence electrons. The summed E-state index contributed by atoms with van der Waals surface area (Å²) in [6.07, 6.45) is 3.87. The normalized spacial score (nSPS) is 16.2. The van der Waals surface area contributed by atoms with Gasteiger partial charge in [0.15, 0.2) is 5.65 Å². The molecule has 0 unspecified atom stereocenters. The van der Waals surface area contributed by atoms with Gasteiger partial charge in [-0.3, -0.25) is 14.3 Å². The Balaban J connectivity index is 1.31. The number of hydrogen-bond acceptors (Lipinski definition) is 5. The summed E-state index contributed by atoms with van der Waals surface area (Å²) in [5, 5.41) is 17.0. The van der Waals surface area contributed by atoms with Crippen molar-refractivity contribution in [1.29, 1.82) is 0 Å². The number of rotatable bonds is 5. The van der Waals surface area contributed by atoms with Crippen LogP contribution < -0.4 is 5.56 Å². The molecule has 1 fully saturated rings. The van der Waals surface area contributed by atoms with Gasteiger partial charge in [0.25, 0.3) is 5.56 Å². The lowest BCUT2D eigenvalue weighted by molar-refractivity contribution is -0.0364. The fourth-order valence-corrected chi connectivity index (χ4v) is 4.86. The highest BCUT2D eigenvalue weighted by molar-refractivity contribution is 6.35. The van der Waals surface area contributed by atoms with Crippen LogP contribution in [0.1, 0.15) is 18.4 Å². The van der Waals surface area contributed by atoms with Gasteiger partial charge < -0.3 is 5.11 Å². The summed E-state index contributed by atoms with van der Waals surface area (Å²) in [5.74, 6) is -0.357. The molecular formula is C24H22Cl2FN5O2. The monoisotopic (exact) mass is 501 g/mol. The molecule has 0 atom stereocenters. The molecule has 0 spiro atoms. The van der Waals surface area contributed by atoms with E-state index < -0.39 is 5.60 Å². The number of piperidine rings is 1. The summed E-state index contributed by atoms with van der Waals surface area (Å²) in [6.45, 7) is 2.03. The number of benzene rings is 2. The van der Waals surface area contributed by atoms with Gasteiger partial charge in [-0.25, -0.2) is 14.1 Å².